The van der Waals surface area contributed by atoms with E-state index in [0.29, 0.717) is 23.1 Å². The molecule has 1 fully saturated rings. The molecule has 0 spiro atoms. The highest BCUT2D eigenvalue weighted by Gasteiger charge is 2.39. The van der Waals surface area contributed by atoms with Gasteiger partial charge in [0.05, 0.1) is 7.11 Å². The van der Waals surface area contributed by atoms with Gasteiger partial charge in [0.2, 0.25) is 0 Å². The highest BCUT2D eigenvalue weighted by molar-refractivity contribution is 5.34. The molecular weight excluding hydrogens is 229 g/mol. The maximum atomic E-state index is 14.2. The summed E-state index contributed by atoms with van der Waals surface area (Å²) in [4.78, 5) is 0. The van der Waals surface area contributed by atoms with E-state index in [1.54, 1.807) is 12.1 Å². The van der Waals surface area contributed by atoms with E-state index in [0.717, 1.165) is 19.3 Å². The highest BCUT2D eigenvalue weighted by atomic mass is 19.1. The van der Waals surface area contributed by atoms with Crippen molar-refractivity contribution in [1.82, 2.24) is 0 Å². The summed E-state index contributed by atoms with van der Waals surface area (Å²) >= 11 is 0. The molecule has 1 aromatic rings. The molecule has 2 nitrogen and oxygen atoms in total. The summed E-state index contributed by atoms with van der Waals surface area (Å²) < 4.78 is 19.2. The molecule has 2 N–H and O–H groups in total. The minimum absolute atomic E-state index is 0.252. The van der Waals surface area contributed by atoms with Gasteiger partial charge in [0.15, 0.2) is 0 Å². The van der Waals surface area contributed by atoms with E-state index >= 15 is 0 Å². The van der Waals surface area contributed by atoms with Crippen LogP contribution in [-0.4, -0.2) is 7.11 Å². The molecule has 0 heterocycles. The zero-order valence-corrected chi connectivity index (χ0v) is 11.4. The number of benzene rings is 1. The Morgan fingerprint density at radius 3 is 2.67 bits per heavy atom. The largest absolute Gasteiger partial charge is 0.497 e. The third-order valence-corrected chi connectivity index (χ3v) is 4.36. The lowest BCUT2D eigenvalue weighted by Crippen LogP contribution is -2.47. The van der Waals surface area contributed by atoms with Crippen molar-refractivity contribution in [3.8, 4) is 5.75 Å². The van der Waals surface area contributed by atoms with Crippen LogP contribution in [0.4, 0.5) is 4.39 Å². The van der Waals surface area contributed by atoms with Crippen molar-refractivity contribution in [3.05, 3.63) is 29.6 Å². The fourth-order valence-electron chi connectivity index (χ4n) is 3.06. The number of rotatable bonds is 2. The van der Waals surface area contributed by atoms with Crippen LogP contribution < -0.4 is 10.5 Å². The number of methoxy groups -OCH3 is 1. The van der Waals surface area contributed by atoms with Crippen LogP contribution >= 0.6 is 0 Å². The van der Waals surface area contributed by atoms with Crippen LogP contribution in [0.3, 0.4) is 0 Å². The normalized spacial score (nSPS) is 32.3. The lowest BCUT2D eigenvalue weighted by atomic mass is 9.67. The Hall–Kier alpha value is -1.09. The molecule has 1 saturated carbocycles. The summed E-state index contributed by atoms with van der Waals surface area (Å²) in [6.07, 6.45) is 2.97. The molecule has 1 aliphatic rings. The van der Waals surface area contributed by atoms with Crippen LogP contribution in [-0.2, 0) is 5.54 Å². The summed E-state index contributed by atoms with van der Waals surface area (Å²) in [7, 11) is 1.54. The molecule has 3 unspecified atom stereocenters. The van der Waals surface area contributed by atoms with Crippen LogP contribution in [0, 0.1) is 17.7 Å². The van der Waals surface area contributed by atoms with E-state index in [2.05, 4.69) is 13.8 Å². The highest BCUT2D eigenvalue weighted by Crippen LogP contribution is 2.42. The summed E-state index contributed by atoms with van der Waals surface area (Å²) in [6.45, 7) is 4.36. The Labute approximate surface area is 108 Å². The third-order valence-electron chi connectivity index (χ3n) is 4.36. The summed E-state index contributed by atoms with van der Waals surface area (Å²) in [6, 6.07) is 4.99. The van der Waals surface area contributed by atoms with Crippen molar-refractivity contribution in [2.75, 3.05) is 7.11 Å². The second-order valence-corrected chi connectivity index (χ2v) is 5.67. The van der Waals surface area contributed by atoms with Crippen LogP contribution in [0.25, 0.3) is 0 Å². The predicted octanol–water partition coefficient (Wildman–Crippen LogP) is 3.44. The molecule has 3 atom stereocenters. The SMILES string of the molecule is COc1ccc(C2(N)CCC(C)CC2C)c(F)c1. The summed E-state index contributed by atoms with van der Waals surface area (Å²) in [5.41, 5.74) is 6.59. The maximum Gasteiger partial charge on any atom is 0.131 e. The van der Waals surface area contributed by atoms with Crippen LogP contribution in [0.2, 0.25) is 0 Å². The average molecular weight is 251 g/mol. The first-order chi connectivity index (χ1) is 8.47. The first kappa shape index (κ1) is 13.3. The minimum atomic E-state index is -0.539. The van der Waals surface area contributed by atoms with Gasteiger partial charge in [-0.1, -0.05) is 19.9 Å². The van der Waals surface area contributed by atoms with E-state index < -0.39 is 5.54 Å². The third kappa shape index (κ3) is 2.24. The van der Waals surface area contributed by atoms with Crippen molar-refractivity contribution >= 4 is 0 Å². The molecular formula is C15H22FNO. The Bertz CT molecular complexity index is 435. The Kier molecular flexibility index (Phi) is 3.62. The fraction of sp³-hybridized carbons (Fsp3) is 0.600. The van der Waals surface area contributed by atoms with E-state index in [-0.39, 0.29) is 5.82 Å². The average Bonchev–Trinajstić information content (AvgIpc) is 2.34. The summed E-state index contributed by atoms with van der Waals surface area (Å²) in [5, 5.41) is 0. The van der Waals surface area contributed by atoms with Gasteiger partial charge in [-0.3, -0.25) is 0 Å². The van der Waals surface area contributed by atoms with E-state index in [1.165, 1.54) is 13.2 Å². The molecule has 0 bridgehead atoms. The molecule has 3 heteroatoms. The quantitative estimate of drug-likeness (QED) is 0.873. The molecule has 0 radical (unpaired) electrons. The first-order valence-corrected chi connectivity index (χ1v) is 6.60. The smallest absolute Gasteiger partial charge is 0.131 e. The number of hydrogen-bond donors (Lipinski definition) is 1. The second-order valence-electron chi connectivity index (χ2n) is 5.67. The maximum absolute atomic E-state index is 14.2. The molecule has 100 valence electrons. The zero-order chi connectivity index (χ0) is 13.3. The van der Waals surface area contributed by atoms with Gasteiger partial charge in [0, 0.05) is 17.2 Å². The standard InChI is InChI=1S/C15H22FNO/c1-10-6-7-15(17,11(2)8-10)13-5-4-12(18-3)9-14(13)16/h4-5,9-11H,6-8,17H2,1-3H3. The van der Waals surface area contributed by atoms with Gasteiger partial charge in [0.1, 0.15) is 11.6 Å². The van der Waals surface area contributed by atoms with Crippen molar-refractivity contribution < 1.29 is 9.13 Å². The topological polar surface area (TPSA) is 35.2 Å². The van der Waals surface area contributed by atoms with Gasteiger partial charge in [-0.15, -0.1) is 0 Å². The fourth-order valence-corrected chi connectivity index (χ4v) is 3.06. The van der Waals surface area contributed by atoms with Crippen LogP contribution in [0.15, 0.2) is 18.2 Å². The Balaban J connectivity index is 2.35. The minimum Gasteiger partial charge on any atom is -0.497 e. The number of nitrogens with two attached hydrogens (primary N) is 1. The number of hydrogen-bond acceptors (Lipinski definition) is 2. The van der Waals surface area contributed by atoms with Gasteiger partial charge in [-0.05, 0) is 37.2 Å². The van der Waals surface area contributed by atoms with Crippen molar-refractivity contribution in [2.45, 2.75) is 38.6 Å². The monoisotopic (exact) mass is 251 g/mol. The Morgan fingerprint density at radius 2 is 2.11 bits per heavy atom. The molecule has 0 aliphatic heterocycles. The number of halogens is 1. The van der Waals surface area contributed by atoms with E-state index in [4.69, 9.17) is 10.5 Å². The molecule has 1 aliphatic carbocycles. The van der Waals surface area contributed by atoms with Crippen molar-refractivity contribution in [2.24, 2.45) is 17.6 Å². The second kappa shape index (κ2) is 4.88. The van der Waals surface area contributed by atoms with E-state index in [1.807, 2.05) is 0 Å². The number of ether oxygens (including phenoxy) is 1. The van der Waals surface area contributed by atoms with Gasteiger partial charge < -0.3 is 10.5 Å². The molecule has 2 rings (SSSR count). The Morgan fingerprint density at radius 1 is 1.39 bits per heavy atom. The molecule has 1 aromatic carbocycles. The first-order valence-electron chi connectivity index (χ1n) is 6.60. The summed E-state index contributed by atoms with van der Waals surface area (Å²) in [5.74, 6) is 1.26. The molecule has 0 aromatic heterocycles. The predicted molar refractivity (Wildman–Crippen MR) is 71.0 cm³/mol. The van der Waals surface area contributed by atoms with Gasteiger partial charge in [-0.2, -0.15) is 0 Å². The lowest BCUT2D eigenvalue weighted by Gasteiger charge is -2.42. The van der Waals surface area contributed by atoms with E-state index in [9.17, 15) is 4.39 Å². The molecule has 0 saturated heterocycles. The van der Waals surface area contributed by atoms with Crippen molar-refractivity contribution in [3.63, 3.8) is 0 Å². The van der Waals surface area contributed by atoms with Gasteiger partial charge >= 0.3 is 0 Å². The van der Waals surface area contributed by atoms with Crippen LogP contribution in [0.1, 0.15) is 38.7 Å². The molecule has 0 amide bonds. The van der Waals surface area contributed by atoms with Crippen LogP contribution in [0.5, 0.6) is 5.75 Å². The van der Waals surface area contributed by atoms with Gasteiger partial charge in [0.25, 0.3) is 0 Å². The van der Waals surface area contributed by atoms with Gasteiger partial charge in [-0.25, -0.2) is 4.39 Å². The van der Waals surface area contributed by atoms with Crippen molar-refractivity contribution in [1.29, 1.82) is 0 Å². The molecule has 18 heavy (non-hydrogen) atoms. The zero-order valence-electron chi connectivity index (χ0n) is 11.4. The lowest BCUT2D eigenvalue weighted by molar-refractivity contribution is 0.160.